The Balaban J connectivity index is 1.27. The molecule has 5 rings (SSSR count). The lowest BCUT2D eigenvalue weighted by Gasteiger charge is -2.42. The van der Waals surface area contributed by atoms with E-state index >= 15 is 0 Å². The number of aliphatic carboxylic acids is 1. The van der Waals surface area contributed by atoms with Crippen LogP contribution in [0.25, 0.3) is 10.9 Å². The Hall–Kier alpha value is -3.45. The molecule has 2 fully saturated rings. The molecule has 244 valence electrons. The number of piperidine rings is 1. The van der Waals surface area contributed by atoms with Gasteiger partial charge in [-0.25, -0.2) is 13.2 Å². The molecule has 45 heavy (non-hydrogen) atoms. The van der Waals surface area contributed by atoms with Crippen LogP contribution >= 0.6 is 0 Å². The van der Waals surface area contributed by atoms with E-state index in [1.165, 1.54) is 0 Å². The van der Waals surface area contributed by atoms with Crippen LogP contribution in [0.4, 0.5) is 18.9 Å². The molecule has 3 aromatic rings. The molecule has 1 aromatic heterocycles. The fourth-order valence-electron chi connectivity index (χ4n) is 6.59. The number of ether oxygens (including phenoxy) is 2. The molecule has 2 aliphatic rings. The van der Waals surface area contributed by atoms with Crippen molar-refractivity contribution in [3.63, 3.8) is 0 Å². The molecular weight excluding hydrogens is 589 g/mol. The minimum absolute atomic E-state index is 0.00879. The number of hydrogen-bond donors (Lipinski definition) is 3. The maximum Gasteiger partial charge on any atom is 0.303 e. The van der Waals surface area contributed by atoms with Gasteiger partial charge in [-0.15, -0.1) is 0 Å². The van der Waals surface area contributed by atoms with Gasteiger partial charge < -0.3 is 29.9 Å². The molecule has 3 N–H and O–H groups in total. The number of carbonyl (C=O) groups is 1. The maximum atomic E-state index is 14.0. The summed E-state index contributed by atoms with van der Waals surface area (Å²) in [6.07, 6.45) is 3.10. The second kappa shape index (κ2) is 14.8. The van der Waals surface area contributed by atoms with Crippen molar-refractivity contribution in [1.82, 2.24) is 14.8 Å². The number of carboxylic acids is 1. The van der Waals surface area contributed by atoms with Crippen LogP contribution in [0.15, 0.2) is 36.5 Å². The molecule has 1 atom stereocenters. The molecule has 2 aromatic carbocycles. The quantitative estimate of drug-likeness (QED) is 0.226. The van der Waals surface area contributed by atoms with Gasteiger partial charge in [-0.3, -0.25) is 14.7 Å². The lowest BCUT2D eigenvalue weighted by atomic mass is 9.71. The summed E-state index contributed by atoms with van der Waals surface area (Å²) in [5.74, 6) is -3.45. The number of aliphatic hydroxyl groups is 1. The van der Waals surface area contributed by atoms with Crippen molar-refractivity contribution in [2.24, 2.45) is 5.41 Å². The first-order chi connectivity index (χ1) is 21.7. The van der Waals surface area contributed by atoms with Gasteiger partial charge in [0.15, 0.2) is 11.6 Å². The van der Waals surface area contributed by atoms with E-state index in [1.807, 2.05) is 24.4 Å². The standard InChI is InChI=1S/C33H41F3N4O5/c1-44-24-2-3-27-25(18-24)31(22(20-38-27)21-40-12-14-45-15-13-40)29(41)4-5-33(19-30(42)43)6-9-39(10-7-33)11-8-37-28-17-23(34)16-26(35)32(28)36/h2-3,16-18,20,29,37,41H,4-15,19,21H2,1H3,(H,42,43). The number of nitrogens with one attached hydrogen (secondary N) is 1. The summed E-state index contributed by atoms with van der Waals surface area (Å²) in [5, 5.41) is 25.1. The fraction of sp³-hybridized carbons (Fsp3) is 0.515. The van der Waals surface area contributed by atoms with Crippen LogP contribution in [-0.4, -0.2) is 90.6 Å². The number of pyridine rings is 1. The smallest absolute Gasteiger partial charge is 0.303 e. The first-order valence-corrected chi connectivity index (χ1v) is 15.4. The van der Waals surface area contributed by atoms with Gasteiger partial charge in [0.25, 0.3) is 0 Å². The zero-order valence-electron chi connectivity index (χ0n) is 25.5. The average molecular weight is 631 g/mol. The van der Waals surface area contributed by atoms with Crippen LogP contribution < -0.4 is 10.1 Å². The second-order valence-corrected chi connectivity index (χ2v) is 12.1. The molecule has 0 saturated carbocycles. The van der Waals surface area contributed by atoms with Crippen LogP contribution in [-0.2, 0) is 16.1 Å². The summed E-state index contributed by atoms with van der Waals surface area (Å²) in [5.41, 5.74) is 1.74. The number of hydrogen-bond acceptors (Lipinski definition) is 8. The number of aliphatic hydroxyl groups excluding tert-OH is 1. The molecule has 3 heterocycles. The van der Waals surface area contributed by atoms with Gasteiger partial charge in [0.2, 0.25) is 0 Å². The van der Waals surface area contributed by atoms with E-state index in [0.29, 0.717) is 76.9 Å². The van der Waals surface area contributed by atoms with Crippen LogP contribution in [0.3, 0.4) is 0 Å². The number of methoxy groups -OCH3 is 1. The number of nitrogens with zero attached hydrogens (tertiary/aromatic N) is 3. The first kappa shape index (κ1) is 32.9. The number of aromatic nitrogens is 1. The normalized spacial score (nSPS) is 18.2. The first-order valence-electron chi connectivity index (χ1n) is 15.4. The molecule has 0 aliphatic carbocycles. The minimum Gasteiger partial charge on any atom is -0.497 e. The van der Waals surface area contributed by atoms with Crippen molar-refractivity contribution in [1.29, 1.82) is 0 Å². The molecule has 9 nitrogen and oxygen atoms in total. The van der Waals surface area contributed by atoms with Crippen LogP contribution in [0.1, 0.15) is 49.3 Å². The monoisotopic (exact) mass is 630 g/mol. The lowest BCUT2D eigenvalue weighted by molar-refractivity contribution is -0.141. The van der Waals surface area contributed by atoms with Gasteiger partial charge in [-0.2, -0.15) is 0 Å². The Bertz CT molecular complexity index is 1480. The number of halogens is 3. The van der Waals surface area contributed by atoms with E-state index < -0.39 is 34.9 Å². The predicted molar refractivity (Wildman–Crippen MR) is 164 cm³/mol. The number of fused-ring (bicyclic) bond motifs is 1. The van der Waals surface area contributed by atoms with E-state index in [-0.39, 0.29) is 18.7 Å². The number of likely N-dealkylation sites (tertiary alicyclic amines) is 1. The van der Waals surface area contributed by atoms with E-state index in [9.17, 15) is 28.2 Å². The van der Waals surface area contributed by atoms with Crippen molar-refractivity contribution in [3.05, 3.63) is 65.1 Å². The highest BCUT2D eigenvalue weighted by Gasteiger charge is 2.37. The average Bonchev–Trinajstić information content (AvgIpc) is 3.03. The number of morpholine rings is 1. The topological polar surface area (TPSA) is 107 Å². The van der Waals surface area contributed by atoms with E-state index in [4.69, 9.17) is 9.47 Å². The number of rotatable bonds is 13. The molecule has 0 spiro atoms. The third kappa shape index (κ3) is 8.23. The van der Waals surface area contributed by atoms with Crippen molar-refractivity contribution in [2.75, 3.05) is 64.9 Å². The molecule has 1 unspecified atom stereocenters. The highest BCUT2D eigenvalue weighted by Crippen LogP contribution is 2.42. The highest BCUT2D eigenvalue weighted by atomic mass is 19.2. The second-order valence-electron chi connectivity index (χ2n) is 12.1. The largest absolute Gasteiger partial charge is 0.497 e. The zero-order valence-corrected chi connectivity index (χ0v) is 25.5. The summed E-state index contributed by atoms with van der Waals surface area (Å²) < 4.78 is 52.0. The van der Waals surface area contributed by atoms with Crippen molar-refractivity contribution < 1.29 is 37.7 Å². The molecule has 2 saturated heterocycles. The van der Waals surface area contributed by atoms with Crippen molar-refractivity contribution >= 4 is 22.6 Å². The van der Waals surface area contributed by atoms with E-state index in [1.54, 1.807) is 7.11 Å². The SMILES string of the molecule is COc1ccc2ncc(CN3CCOCC3)c(C(O)CCC3(CC(=O)O)CCN(CCNc4cc(F)cc(F)c4F)CC3)c2c1. The zero-order chi connectivity index (χ0) is 32.0. The van der Waals surface area contributed by atoms with Gasteiger partial charge in [-0.1, -0.05) is 0 Å². The molecular formula is C33H41F3N4O5. The molecule has 12 heteroatoms. The minimum atomic E-state index is -1.25. The Morgan fingerprint density at radius 1 is 1.11 bits per heavy atom. The third-order valence-corrected chi connectivity index (χ3v) is 9.16. The summed E-state index contributed by atoms with van der Waals surface area (Å²) in [6, 6.07) is 7.03. The Labute approximate surface area is 260 Å². The Morgan fingerprint density at radius 2 is 1.87 bits per heavy atom. The summed E-state index contributed by atoms with van der Waals surface area (Å²) in [7, 11) is 1.60. The lowest BCUT2D eigenvalue weighted by Crippen LogP contribution is -2.43. The molecule has 0 radical (unpaired) electrons. The summed E-state index contributed by atoms with van der Waals surface area (Å²) in [4.78, 5) is 21.0. The van der Waals surface area contributed by atoms with Crippen molar-refractivity contribution in [3.8, 4) is 5.75 Å². The maximum absolute atomic E-state index is 14.0. The third-order valence-electron chi connectivity index (χ3n) is 9.16. The van der Waals surface area contributed by atoms with Gasteiger partial charge in [0.1, 0.15) is 11.6 Å². The van der Waals surface area contributed by atoms with Crippen molar-refractivity contribution in [2.45, 2.75) is 44.8 Å². The van der Waals surface area contributed by atoms with Crippen LogP contribution in [0, 0.1) is 22.9 Å². The van der Waals surface area contributed by atoms with Gasteiger partial charge in [-0.05, 0) is 73.5 Å². The van der Waals surface area contributed by atoms with Gasteiger partial charge in [0, 0.05) is 56.4 Å². The molecule has 0 amide bonds. The fourth-order valence-corrected chi connectivity index (χ4v) is 6.59. The van der Waals surface area contributed by atoms with Gasteiger partial charge >= 0.3 is 5.97 Å². The van der Waals surface area contributed by atoms with Crippen LogP contribution in [0.2, 0.25) is 0 Å². The number of carboxylic acid groups (broad SMARTS) is 1. The number of benzene rings is 2. The highest BCUT2D eigenvalue weighted by molar-refractivity contribution is 5.85. The molecule has 0 bridgehead atoms. The van der Waals surface area contributed by atoms with E-state index in [2.05, 4.69) is 20.1 Å². The number of anilines is 1. The Morgan fingerprint density at radius 3 is 2.58 bits per heavy atom. The van der Waals surface area contributed by atoms with Gasteiger partial charge in [0.05, 0.1) is 44.1 Å². The summed E-state index contributed by atoms with van der Waals surface area (Å²) >= 11 is 0. The van der Waals surface area contributed by atoms with E-state index in [0.717, 1.165) is 41.2 Å². The predicted octanol–water partition coefficient (Wildman–Crippen LogP) is 4.98. The summed E-state index contributed by atoms with van der Waals surface area (Å²) in [6.45, 7) is 5.49. The van der Waals surface area contributed by atoms with Crippen LogP contribution in [0.5, 0.6) is 5.75 Å². The Kier molecular flexibility index (Phi) is 10.8. The molecule has 2 aliphatic heterocycles.